The molecule has 1 aliphatic rings. The van der Waals surface area contributed by atoms with Crippen LogP contribution in [0.2, 0.25) is 0 Å². The number of carbonyl (C=O) groups is 2. The first-order chi connectivity index (χ1) is 10.0. The molecule has 1 aliphatic heterocycles. The summed E-state index contributed by atoms with van der Waals surface area (Å²) < 4.78 is 5.36. The van der Waals surface area contributed by atoms with Crippen LogP contribution in [0.25, 0.3) is 0 Å². The Labute approximate surface area is 125 Å². The largest absolute Gasteiger partial charge is 0.451 e. The fourth-order valence-corrected chi connectivity index (χ4v) is 2.57. The maximum absolute atomic E-state index is 12.3. The third-order valence-corrected chi connectivity index (χ3v) is 3.89. The van der Waals surface area contributed by atoms with Crippen molar-refractivity contribution < 1.29 is 14.3 Å². The van der Waals surface area contributed by atoms with Gasteiger partial charge in [-0.05, 0) is 25.5 Å². The number of ketones is 1. The lowest BCUT2D eigenvalue weighted by atomic mass is 9.89. The van der Waals surface area contributed by atoms with Gasteiger partial charge in [0, 0.05) is 12.6 Å². The smallest absolute Gasteiger partial charge is 0.310 e. The molecule has 1 saturated heterocycles. The van der Waals surface area contributed by atoms with Crippen molar-refractivity contribution in [2.45, 2.75) is 45.1 Å². The molecule has 0 bridgehead atoms. The molecule has 2 heterocycles. The van der Waals surface area contributed by atoms with E-state index in [0.29, 0.717) is 12.2 Å². The molecule has 2 atom stereocenters. The lowest BCUT2D eigenvalue weighted by molar-refractivity contribution is -0.156. The lowest BCUT2D eigenvalue weighted by Crippen LogP contribution is -2.39. The van der Waals surface area contributed by atoms with E-state index in [1.807, 2.05) is 12.1 Å². The van der Waals surface area contributed by atoms with E-state index in [0.717, 1.165) is 19.3 Å². The normalized spacial score (nSPS) is 24.7. The number of rotatable bonds is 7. The fourth-order valence-electron chi connectivity index (χ4n) is 2.57. The highest BCUT2D eigenvalue weighted by Gasteiger charge is 2.47. The van der Waals surface area contributed by atoms with Crippen LogP contribution in [0.15, 0.2) is 24.4 Å². The number of Topliss-reactive ketones (excluding diaryl/α,β-unsaturated/α-hetero) is 1. The molecule has 114 valence electrons. The minimum Gasteiger partial charge on any atom is -0.451 e. The fraction of sp³-hybridized carbons (Fsp3) is 0.562. The number of aromatic nitrogens is 1. The second kappa shape index (κ2) is 6.70. The molecule has 0 aromatic carbocycles. The second-order valence-corrected chi connectivity index (χ2v) is 5.69. The van der Waals surface area contributed by atoms with Gasteiger partial charge in [0.05, 0.1) is 12.5 Å². The van der Waals surface area contributed by atoms with Gasteiger partial charge in [0.2, 0.25) is 0 Å². The number of pyridine rings is 1. The van der Waals surface area contributed by atoms with Crippen LogP contribution >= 0.6 is 0 Å². The molecule has 1 aromatic heterocycles. The minimum absolute atomic E-state index is 0.111. The summed E-state index contributed by atoms with van der Waals surface area (Å²) in [4.78, 5) is 28.3. The minimum atomic E-state index is -1.00. The highest BCUT2D eigenvalue weighted by atomic mass is 16.6. The van der Waals surface area contributed by atoms with Crippen LogP contribution in [-0.4, -0.2) is 28.9 Å². The molecule has 0 amide bonds. The van der Waals surface area contributed by atoms with Gasteiger partial charge in [-0.3, -0.25) is 9.59 Å². The summed E-state index contributed by atoms with van der Waals surface area (Å²) in [6, 6.07) is 5.45. The Hall–Kier alpha value is -1.91. The van der Waals surface area contributed by atoms with Crippen molar-refractivity contribution in [3.63, 3.8) is 0 Å². The summed E-state index contributed by atoms with van der Waals surface area (Å²) in [6.45, 7) is 3.90. The SMILES string of the molecule is CCCC[C@H]1C[C@](C)(C(=O)CNc2ccccn2)OC1=O. The summed E-state index contributed by atoms with van der Waals surface area (Å²) in [6.07, 6.45) is 4.96. The Kier molecular flexibility index (Phi) is 4.94. The quantitative estimate of drug-likeness (QED) is 0.782. The maximum Gasteiger partial charge on any atom is 0.310 e. The number of cyclic esters (lactones) is 1. The zero-order valence-electron chi connectivity index (χ0n) is 12.6. The van der Waals surface area contributed by atoms with Crippen molar-refractivity contribution in [1.82, 2.24) is 4.98 Å². The molecule has 2 rings (SSSR count). The van der Waals surface area contributed by atoms with Crippen LogP contribution in [0.3, 0.4) is 0 Å². The Morgan fingerprint density at radius 2 is 2.33 bits per heavy atom. The van der Waals surface area contributed by atoms with Crippen LogP contribution in [0.4, 0.5) is 5.82 Å². The zero-order valence-corrected chi connectivity index (χ0v) is 12.6. The van der Waals surface area contributed by atoms with Crippen LogP contribution in [-0.2, 0) is 14.3 Å². The monoisotopic (exact) mass is 290 g/mol. The van der Waals surface area contributed by atoms with Gasteiger partial charge in [0.1, 0.15) is 5.82 Å². The number of esters is 1. The highest BCUT2D eigenvalue weighted by molar-refractivity contribution is 5.94. The molecule has 5 heteroatoms. The number of unbranched alkanes of at least 4 members (excludes halogenated alkanes) is 1. The lowest BCUT2D eigenvalue weighted by Gasteiger charge is -2.21. The molecule has 0 saturated carbocycles. The van der Waals surface area contributed by atoms with E-state index in [9.17, 15) is 9.59 Å². The molecule has 1 fully saturated rings. The van der Waals surface area contributed by atoms with E-state index in [2.05, 4.69) is 17.2 Å². The van der Waals surface area contributed by atoms with E-state index < -0.39 is 5.60 Å². The summed E-state index contributed by atoms with van der Waals surface area (Å²) in [5.74, 6) is 0.146. The van der Waals surface area contributed by atoms with Crippen molar-refractivity contribution in [3.8, 4) is 0 Å². The van der Waals surface area contributed by atoms with Crippen molar-refractivity contribution in [2.24, 2.45) is 5.92 Å². The van der Waals surface area contributed by atoms with E-state index >= 15 is 0 Å². The Balaban J connectivity index is 1.91. The van der Waals surface area contributed by atoms with Crippen LogP contribution < -0.4 is 5.32 Å². The predicted octanol–water partition coefficient (Wildman–Crippen LogP) is 2.57. The van der Waals surface area contributed by atoms with E-state index in [4.69, 9.17) is 4.74 Å². The third-order valence-electron chi connectivity index (χ3n) is 3.89. The number of ether oxygens (including phenoxy) is 1. The summed E-state index contributed by atoms with van der Waals surface area (Å²) in [5, 5.41) is 2.97. The second-order valence-electron chi connectivity index (χ2n) is 5.69. The third kappa shape index (κ3) is 3.80. The van der Waals surface area contributed by atoms with Gasteiger partial charge >= 0.3 is 5.97 Å². The van der Waals surface area contributed by atoms with Crippen LogP contribution in [0.1, 0.15) is 39.5 Å². The number of carbonyl (C=O) groups excluding carboxylic acids is 2. The van der Waals surface area contributed by atoms with Gasteiger partial charge < -0.3 is 10.1 Å². The number of hydrogen-bond donors (Lipinski definition) is 1. The number of nitrogens with zero attached hydrogens (tertiary/aromatic N) is 1. The van der Waals surface area contributed by atoms with E-state index in [1.165, 1.54) is 0 Å². The van der Waals surface area contributed by atoms with Gasteiger partial charge in [0.15, 0.2) is 11.4 Å². The first-order valence-corrected chi connectivity index (χ1v) is 7.46. The average Bonchev–Trinajstić information content (AvgIpc) is 2.79. The Morgan fingerprint density at radius 1 is 1.52 bits per heavy atom. The maximum atomic E-state index is 12.3. The van der Waals surface area contributed by atoms with Crippen molar-refractivity contribution in [2.75, 3.05) is 11.9 Å². The number of anilines is 1. The van der Waals surface area contributed by atoms with Crippen molar-refractivity contribution in [1.29, 1.82) is 0 Å². The number of hydrogen-bond acceptors (Lipinski definition) is 5. The number of nitrogens with one attached hydrogen (secondary N) is 1. The molecule has 0 unspecified atom stereocenters. The van der Waals surface area contributed by atoms with Crippen molar-refractivity contribution in [3.05, 3.63) is 24.4 Å². The molecular formula is C16H22N2O3. The molecule has 1 aromatic rings. The van der Waals surface area contributed by atoms with E-state index in [1.54, 1.807) is 19.2 Å². The molecule has 0 aliphatic carbocycles. The molecule has 5 nitrogen and oxygen atoms in total. The van der Waals surface area contributed by atoms with Gasteiger partial charge in [-0.15, -0.1) is 0 Å². The van der Waals surface area contributed by atoms with E-state index in [-0.39, 0.29) is 24.2 Å². The summed E-state index contributed by atoms with van der Waals surface area (Å²) in [5.41, 5.74) is -1.00. The molecular weight excluding hydrogens is 268 g/mol. The summed E-state index contributed by atoms with van der Waals surface area (Å²) >= 11 is 0. The van der Waals surface area contributed by atoms with Gasteiger partial charge in [0.25, 0.3) is 0 Å². The topological polar surface area (TPSA) is 68.3 Å². The highest BCUT2D eigenvalue weighted by Crippen LogP contribution is 2.34. The summed E-state index contributed by atoms with van der Waals surface area (Å²) in [7, 11) is 0. The first kappa shape index (κ1) is 15.5. The van der Waals surface area contributed by atoms with Gasteiger partial charge in [-0.2, -0.15) is 0 Å². The Morgan fingerprint density at radius 3 is 3.00 bits per heavy atom. The molecule has 0 radical (unpaired) electrons. The standard InChI is InChI=1S/C16H22N2O3/c1-3-4-7-12-10-16(2,21-15(12)20)13(19)11-18-14-8-5-6-9-17-14/h5-6,8-9,12H,3-4,7,10-11H2,1-2H3,(H,17,18)/t12-,16+/m0/s1. The molecule has 0 spiro atoms. The van der Waals surface area contributed by atoms with Gasteiger partial charge in [-0.25, -0.2) is 4.98 Å². The first-order valence-electron chi connectivity index (χ1n) is 7.46. The van der Waals surface area contributed by atoms with Crippen LogP contribution in [0, 0.1) is 5.92 Å². The predicted molar refractivity (Wildman–Crippen MR) is 79.9 cm³/mol. The van der Waals surface area contributed by atoms with Crippen LogP contribution in [0.5, 0.6) is 0 Å². The zero-order chi connectivity index (χ0) is 15.3. The van der Waals surface area contributed by atoms with Crippen molar-refractivity contribution >= 4 is 17.6 Å². The molecule has 1 N–H and O–H groups in total. The average molecular weight is 290 g/mol. The van der Waals surface area contributed by atoms with Gasteiger partial charge in [-0.1, -0.05) is 25.8 Å². The molecule has 21 heavy (non-hydrogen) atoms. The Bertz CT molecular complexity index is 504.